The zero-order valence-electron chi connectivity index (χ0n) is 17.0. The number of fused-ring (bicyclic) bond motifs is 1. The number of carbonyl (C=O) groups excluding carboxylic acids is 1. The van der Waals surface area contributed by atoms with Gasteiger partial charge in [-0.05, 0) is 12.1 Å². The molecular weight excluding hydrogens is 380 g/mol. The maximum atomic E-state index is 12.1. The Labute approximate surface area is 174 Å². The third-order valence-electron chi connectivity index (χ3n) is 5.08. The summed E-state index contributed by atoms with van der Waals surface area (Å²) in [6.07, 6.45) is 3.54. The highest BCUT2D eigenvalue weighted by molar-refractivity contribution is 5.99. The topological polar surface area (TPSA) is 108 Å². The Morgan fingerprint density at radius 3 is 2.77 bits per heavy atom. The summed E-state index contributed by atoms with van der Waals surface area (Å²) in [5.74, 6) is 6.50. The number of nitrogens with zero attached hydrogens (tertiary/aromatic N) is 5. The second kappa shape index (κ2) is 7.28. The number of carbonyl (C=O) groups is 1. The van der Waals surface area contributed by atoms with Gasteiger partial charge < -0.3 is 20.6 Å². The third-order valence-corrected chi connectivity index (χ3v) is 5.08. The van der Waals surface area contributed by atoms with Crippen molar-refractivity contribution in [2.45, 2.75) is 12.0 Å². The highest BCUT2D eigenvalue weighted by Gasteiger charge is 2.42. The first-order chi connectivity index (χ1) is 14.3. The van der Waals surface area contributed by atoms with E-state index in [-0.39, 0.29) is 5.91 Å². The number of likely N-dealkylation sites (N-methyl/N-ethyl adjacent to an activating group) is 1. The minimum atomic E-state index is -1.63. The van der Waals surface area contributed by atoms with Gasteiger partial charge in [0.2, 0.25) is 5.60 Å². The van der Waals surface area contributed by atoms with Crippen molar-refractivity contribution >= 4 is 28.3 Å². The molecule has 1 saturated heterocycles. The lowest BCUT2D eigenvalue weighted by Crippen LogP contribution is -2.37. The molecule has 8 nitrogen and oxygen atoms in total. The monoisotopic (exact) mass is 402 g/mol. The van der Waals surface area contributed by atoms with Gasteiger partial charge in [-0.1, -0.05) is 24.0 Å². The number of nitrogens with two attached hydrogens (primary N) is 1. The first kappa shape index (κ1) is 19.6. The van der Waals surface area contributed by atoms with Crippen LogP contribution in [0.5, 0.6) is 0 Å². The number of aliphatic hydroxyl groups is 1. The molecule has 0 spiro atoms. The van der Waals surface area contributed by atoms with Gasteiger partial charge in [0.25, 0.3) is 5.91 Å². The molecule has 1 aromatic carbocycles. The number of anilines is 2. The van der Waals surface area contributed by atoms with Gasteiger partial charge in [-0.15, -0.1) is 0 Å². The van der Waals surface area contributed by atoms with Crippen molar-refractivity contribution in [2.75, 3.05) is 38.3 Å². The van der Waals surface area contributed by atoms with Crippen LogP contribution in [0.25, 0.3) is 22.3 Å². The predicted octanol–water partition coefficient (Wildman–Crippen LogP) is 1.28. The van der Waals surface area contributed by atoms with Crippen molar-refractivity contribution in [3.05, 3.63) is 42.2 Å². The molecule has 3 aromatic rings. The fraction of sp³-hybridized carbons (Fsp3) is 0.273. The molecule has 30 heavy (non-hydrogen) atoms. The lowest BCUT2D eigenvalue weighted by atomic mass is 10.0. The average Bonchev–Trinajstić information content (AvgIpc) is 3.00. The van der Waals surface area contributed by atoms with Gasteiger partial charge in [0.1, 0.15) is 5.82 Å². The fourth-order valence-corrected chi connectivity index (χ4v) is 3.42. The van der Waals surface area contributed by atoms with Crippen molar-refractivity contribution in [1.82, 2.24) is 19.9 Å². The van der Waals surface area contributed by atoms with Crippen molar-refractivity contribution in [2.24, 2.45) is 0 Å². The van der Waals surface area contributed by atoms with E-state index >= 15 is 0 Å². The van der Waals surface area contributed by atoms with Crippen LogP contribution in [0.3, 0.4) is 0 Å². The predicted molar refractivity (Wildman–Crippen MR) is 116 cm³/mol. The first-order valence-corrected chi connectivity index (χ1v) is 9.48. The highest BCUT2D eigenvalue weighted by atomic mass is 16.3. The molecule has 1 aliphatic heterocycles. The van der Waals surface area contributed by atoms with Gasteiger partial charge in [-0.25, -0.2) is 9.97 Å². The average molecular weight is 402 g/mol. The number of benzene rings is 1. The molecule has 0 saturated carbocycles. The molecule has 8 heteroatoms. The molecule has 1 atom stereocenters. The van der Waals surface area contributed by atoms with Crippen LogP contribution in [0, 0.1) is 11.8 Å². The maximum absolute atomic E-state index is 12.1. The molecule has 1 aliphatic rings. The second-order valence-corrected chi connectivity index (χ2v) is 7.56. The Hall–Kier alpha value is -3.70. The smallest absolute Gasteiger partial charge is 0.267 e. The second-order valence-electron chi connectivity index (χ2n) is 7.56. The zero-order valence-corrected chi connectivity index (χ0v) is 17.0. The molecule has 0 unspecified atom stereocenters. The largest absolute Gasteiger partial charge is 0.397 e. The number of rotatable bonds is 2. The van der Waals surface area contributed by atoms with Crippen LogP contribution in [0.2, 0.25) is 0 Å². The van der Waals surface area contributed by atoms with Crippen LogP contribution in [0.4, 0.5) is 11.5 Å². The van der Waals surface area contributed by atoms with E-state index in [1.165, 1.54) is 4.90 Å². The first-order valence-electron chi connectivity index (χ1n) is 9.48. The minimum Gasteiger partial charge on any atom is -0.397 e. The van der Waals surface area contributed by atoms with Crippen molar-refractivity contribution in [1.29, 1.82) is 0 Å². The summed E-state index contributed by atoms with van der Waals surface area (Å²) in [5, 5.41) is 11.3. The van der Waals surface area contributed by atoms with Crippen molar-refractivity contribution < 1.29 is 9.90 Å². The molecule has 1 amide bonds. The summed E-state index contributed by atoms with van der Waals surface area (Å²) < 4.78 is 0. The summed E-state index contributed by atoms with van der Waals surface area (Å²) in [6.45, 7) is 0.486. The van der Waals surface area contributed by atoms with E-state index in [1.807, 2.05) is 43.3 Å². The van der Waals surface area contributed by atoms with E-state index in [9.17, 15) is 9.90 Å². The van der Waals surface area contributed by atoms with E-state index in [0.717, 1.165) is 10.9 Å². The van der Waals surface area contributed by atoms with E-state index < -0.39 is 5.60 Å². The van der Waals surface area contributed by atoms with Crippen LogP contribution in [0.1, 0.15) is 12.0 Å². The van der Waals surface area contributed by atoms with E-state index in [0.29, 0.717) is 41.4 Å². The van der Waals surface area contributed by atoms with Crippen LogP contribution >= 0.6 is 0 Å². The fourth-order valence-electron chi connectivity index (χ4n) is 3.42. The number of aromatic nitrogens is 3. The Bertz CT molecular complexity index is 1210. The summed E-state index contributed by atoms with van der Waals surface area (Å²) in [7, 11) is 5.44. The lowest BCUT2D eigenvalue weighted by molar-refractivity contribution is -0.137. The molecule has 3 N–H and O–H groups in total. The molecule has 0 bridgehead atoms. The molecule has 3 heterocycles. The van der Waals surface area contributed by atoms with Crippen molar-refractivity contribution in [3.8, 4) is 23.2 Å². The van der Waals surface area contributed by atoms with Crippen LogP contribution in [-0.2, 0) is 4.79 Å². The molecular formula is C22H22N6O2. The van der Waals surface area contributed by atoms with E-state index in [1.54, 1.807) is 19.4 Å². The van der Waals surface area contributed by atoms with Gasteiger partial charge in [0.15, 0.2) is 5.82 Å². The Morgan fingerprint density at radius 1 is 1.27 bits per heavy atom. The highest BCUT2D eigenvalue weighted by Crippen LogP contribution is 2.30. The molecule has 0 aliphatic carbocycles. The molecule has 2 aromatic heterocycles. The standard InChI is InChI=1S/C22H22N6O2/c1-27(2)20-18-16(23)12-24-13-17(18)25-19(26-20)15-6-4-5-14(11-15)7-8-22(30)9-10-28(3)21(22)29/h4-6,11-13,30H,9-10,23H2,1-3H3/t22-/m0/s1. The van der Waals surface area contributed by atoms with Gasteiger partial charge in [-0.3, -0.25) is 9.78 Å². The molecule has 4 rings (SSSR count). The van der Waals surface area contributed by atoms with Crippen LogP contribution in [0.15, 0.2) is 36.7 Å². The SMILES string of the molecule is CN1CC[C@@](O)(C#Cc2cccc(-c3nc(N(C)C)c4c(N)cncc4n3)c2)C1=O. The van der Waals surface area contributed by atoms with Gasteiger partial charge in [-0.2, -0.15) is 0 Å². The minimum absolute atomic E-state index is 0.295. The summed E-state index contributed by atoms with van der Waals surface area (Å²) >= 11 is 0. The third kappa shape index (κ3) is 3.40. The number of hydrogen-bond donors (Lipinski definition) is 2. The lowest BCUT2D eigenvalue weighted by Gasteiger charge is -2.16. The van der Waals surface area contributed by atoms with Crippen LogP contribution < -0.4 is 10.6 Å². The number of hydrogen-bond acceptors (Lipinski definition) is 7. The Kier molecular flexibility index (Phi) is 4.76. The number of likely N-dealkylation sites (tertiary alicyclic amines) is 1. The Morgan fingerprint density at radius 2 is 2.07 bits per heavy atom. The number of nitrogen functional groups attached to an aromatic ring is 1. The van der Waals surface area contributed by atoms with Gasteiger partial charge in [0, 0.05) is 45.2 Å². The summed E-state index contributed by atoms with van der Waals surface area (Å²) in [4.78, 5) is 28.9. The molecule has 0 radical (unpaired) electrons. The molecule has 152 valence electrons. The van der Waals surface area contributed by atoms with Crippen LogP contribution in [-0.4, -0.2) is 64.2 Å². The number of amides is 1. The quantitative estimate of drug-likeness (QED) is 0.622. The van der Waals surface area contributed by atoms with Gasteiger partial charge >= 0.3 is 0 Å². The molecule has 1 fully saturated rings. The normalized spacial score (nSPS) is 18.4. The van der Waals surface area contributed by atoms with E-state index in [4.69, 9.17) is 10.7 Å². The van der Waals surface area contributed by atoms with E-state index in [2.05, 4.69) is 21.8 Å². The van der Waals surface area contributed by atoms with Crippen molar-refractivity contribution in [3.63, 3.8) is 0 Å². The van der Waals surface area contributed by atoms with Gasteiger partial charge in [0.05, 0.1) is 29.0 Å². The summed E-state index contributed by atoms with van der Waals surface area (Å²) in [6, 6.07) is 7.37. The maximum Gasteiger partial charge on any atom is 0.267 e. The number of pyridine rings is 1. The zero-order chi connectivity index (χ0) is 21.5. The summed E-state index contributed by atoms with van der Waals surface area (Å²) in [5.41, 5.74) is 7.04. The Balaban J connectivity index is 1.76.